The summed E-state index contributed by atoms with van der Waals surface area (Å²) in [7, 11) is 0. The van der Waals surface area contributed by atoms with Crippen molar-refractivity contribution in [3.63, 3.8) is 0 Å². The Hall–Kier alpha value is -2.75. The van der Waals surface area contributed by atoms with Crippen molar-refractivity contribution in [3.8, 4) is 5.75 Å². The molecule has 2 aliphatic rings. The van der Waals surface area contributed by atoms with Crippen LogP contribution in [0.4, 0.5) is 11.5 Å². The first-order valence-corrected chi connectivity index (χ1v) is 8.29. The highest BCUT2D eigenvalue weighted by atomic mass is 16.5. The predicted octanol–water partition coefficient (Wildman–Crippen LogP) is 4.14. The van der Waals surface area contributed by atoms with Crippen molar-refractivity contribution in [2.75, 3.05) is 17.2 Å². The molecule has 0 aliphatic carbocycles. The molecule has 2 N–H and O–H groups in total. The maximum atomic E-state index is 6.57. The SMILES string of the molecule is CC1(C)c2cccnc2NC12CNc1c(ccc3ccccc13)O2. The number of anilines is 2. The number of nitrogens with one attached hydrogen (secondary N) is 2. The fraction of sp³-hybridized carbons (Fsp3) is 0.250. The van der Waals surface area contributed by atoms with Gasteiger partial charge in [-0.1, -0.05) is 36.4 Å². The smallest absolute Gasteiger partial charge is 0.208 e. The van der Waals surface area contributed by atoms with Crippen LogP contribution >= 0.6 is 0 Å². The lowest BCUT2D eigenvalue weighted by molar-refractivity contribution is 0.0439. The largest absolute Gasteiger partial charge is 0.463 e. The third-order valence-electron chi connectivity index (χ3n) is 5.50. The van der Waals surface area contributed by atoms with E-state index in [4.69, 9.17) is 4.74 Å². The number of aromatic nitrogens is 1. The summed E-state index contributed by atoms with van der Waals surface area (Å²) in [6.45, 7) is 5.10. The number of hydrogen-bond donors (Lipinski definition) is 2. The summed E-state index contributed by atoms with van der Waals surface area (Å²) < 4.78 is 6.57. The number of benzene rings is 2. The summed E-state index contributed by atoms with van der Waals surface area (Å²) in [6, 6.07) is 16.7. The van der Waals surface area contributed by atoms with E-state index in [0.29, 0.717) is 6.54 Å². The second kappa shape index (κ2) is 4.41. The van der Waals surface area contributed by atoms with Crippen LogP contribution in [-0.4, -0.2) is 17.3 Å². The van der Waals surface area contributed by atoms with Gasteiger partial charge in [0.15, 0.2) is 0 Å². The van der Waals surface area contributed by atoms with E-state index < -0.39 is 5.72 Å². The summed E-state index contributed by atoms with van der Waals surface area (Å²) in [5.41, 5.74) is 1.52. The van der Waals surface area contributed by atoms with Crippen molar-refractivity contribution in [2.24, 2.45) is 0 Å². The predicted molar refractivity (Wildman–Crippen MR) is 96.7 cm³/mol. The Morgan fingerprint density at radius 1 is 1.04 bits per heavy atom. The van der Waals surface area contributed by atoms with Gasteiger partial charge in [0.2, 0.25) is 5.72 Å². The second-order valence-corrected chi connectivity index (χ2v) is 7.09. The lowest BCUT2D eigenvalue weighted by Crippen LogP contribution is -2.60. The molecule has 1 aromatic heterocycles. The van der Waals surface area contributed by atoms with Gasteiger partial charge in [0.1, 0.15) is 11.6 Å². The molecular formula is C20H19N3O. The molecule has 1 atom stereocenters. The number of hydrogen-bond acceptors (Lipinski definition) is 4. The van der Waals surface area contributed by atoms with Crippen LogP contribution in [0.5, 0.6) is 5.75 Å². The molecule has 3 heterocycles. The molecule has 24 heavy (non-hydrogen) atoms. The van der Waals surface area contributed by atoms with Crippen molar-refractivity contribution >= 4 is 22.3 Å². The fourth-order valence-corrected chi connectivity index (χ4v) is 3.95. The molecule has 0 saturated carbocycles. The topological polar surface area (TPSA) is 46.2 Å². The van der Waals surface area contributed by atoms with Gasteiger partial charge in [-0.3, -0.25) is 0 Å². The Labute approximate surface area is 140 Å². The van der Waals surface area contributed by atoms with Gasteiger partial charge in [-0.05, 0) is 31.4 Å². The molecule has 4 nitrogen and oxygen atoms in total. The Morgan fingerprint density at radius 2 is 1.92 bits per heavy atom. The van der Waals surface area contributed by atoms with Gasteiger partial charge >= 0.3 is 0 Å². The maximum Gasteiger partial charge on any atom is 0.208 e. The highest BCUT2D eigenvalue weighted by Crippen LogP contribution is 2.50. The molecule has 5 rings (SSSR count). The van der Waals surface area contributed by atoms with Gasteiger partial charge in [-0.25, -0.2) is 4.98 Å². The van der Waals surface area contributed by atoms with Gasteiger partial charge in [-0.2, -0.15) is 0 Å². The van der Waals surface area contributed by atoms with E-state index in [-0.39, 0.29) is 5.41 Å². The molecule has 1 unspecified atom stereocenters. The molecule has 4 heteroatoms. The first-order chi connectivity index (χ1) is 11.6. The van der Waals surface area contributed by atoms with E-state index in [1.54, 1.807) is 0 Å². The van der Waals surface area contributed by atoms with Crippen molar-refractivity contribution in [1.82, 2.24) is 4.98 Å². The minimum absolute atomic E-state index is 0.201. The first kappa shape index (κ1) is 13.7. The molecule has 120 valence electrons. The molecule has 1 spiro atoms. The monoisotopic (exact) mass is 317 g/mol. The van der Waals surface area contributed by atoms with Crippen LogP contribution in [0.15, 0.2) is 54.7 Å². The third-order valence-corrected chi connectivity index (χ3v) is 5.50. The standard InChI is InChI=1S/C20H19N3O/c1-19(2)15-8-5-11-21-18(15)23-20(19)12-22-17-14-7-4-3-6-13(14)9-10-16(17)24-20/h3-11,22H,12H2,1-2H3,(H,21,23). The van der Waals surface area contributed by atoms with E-state index in [9.17, 15) is 0 Å². The van der Waals surface area contributed by atoms with E-state index in [1.807, 2.05) is 12.3 Å². The summed E-state index contributed by atoms with van der Waals surface area (Å²) in [4.78, 5) is 4.49. The minimum atomic E-state index is -0.543. The highest BCUT2D eigenvalue weighted by Gasteiger charge is 2.56. The average molecular weight is 317 g/mol. The van der Waals surface area contributed by atoms with E-state index >= 15 is 0 Å². The van der Waals surface area contributed by atoms with Crippen LogP contribution in [0, 0.1) is 0 Å². The van der Waals surface area contributed by atoms with Gasteiger partial charge in [0.05, 0.1) is 17.6 Å². The van der Waals surface area contributed by atoms with Crippen molar-refractivity contribution < 1.29 is 4.74 Å². The lowest BCUT2D eigenvalue weighted by atomic mass is 9.77. The van der Waals surface area contributed by atoms with E-state index in [0.717, 1.165) is 17.3 Å². The molecule has 0 amide bonds. The number of pyridine rings is 1. The summed E-state index contributed by atoms with van der Waals surface area (Å²) in [5, 5.41) is 9.55. The summed E-state index contributed by atoms with van der Waals surface area (Å²) in [6.07, 6.45) is 1.82. The van der Waals surface area contributed by atoms with Gasteiger partial charge in [-0.15, -0.1) is 0 Å². The molecule has 0 bridgehead atoms. The molecule has 0 saturated heterocycles. The van der Waals surface area contributed by atoms with Crippen LogP contribution in [-0.2, 0) is 5.41 Å². The molecular weight excluding hydrogens is 298 g/mol. The maximum absolute atomic E-state index is 6.57. The van der Waals surface area contributed by atoms with Crippen LogP contribution in [0.25, 0.3) is 10.8 Å². The number of rotatable bonds is 0. The molecule has 2 aliphatic heterocycles. The quantitative estimate of drug-likeness (QED) is 0.654. The minimum Gasteiger partial charge on any atom is -0.463 e. The van der Waals surface area contributed by atoms with E-state index in [2.05, 4.69) is 71.9 Å². The second-order valence-electron chi connectivity index (χ2n) is 7.09. The van der Waals surface area contributed by atoms with Crippen molar-refractivity contribution in [2.45, 2.75) is 25.0 Å². The summed E-state index contributed by atoms with van der Waals surface area (Å²) in [5.74, 6) is 1.79. The van der Waals surface area contributed by atoms with Crippen LogP contribution in [0.3, 0.4) is 0 Å². The lowest BCUT2D eigenvalue weighted by Gasteiger charge is -2.45. The number of ether oxygens (including phenoxy) is 1. The molecule has 0 radical (unpaired) electrons. The first-order valence-electron chi connectivity index (χ1n) is 8.29. The van der Waals surface area contributed by atoms with E-state index in [1.165, 1.54) is 16.3 Å². The zero-order chi connectivity index (χ0) is 16.4. The molecule has 0 fully saturated rings. The van der Waals surface area contributed by atoms with Crippen LogP contribution in [0.2, 0.25) is 0 Å². The highest BCUT2D eigenvalue weighted by molar-refractivity contribution is 5.97. The molecule has 2 aromatic carbocycles. The van der Waals surface area contributed by atoms with Gasteiger partial charge in [0, 0.05) is 17.1 Å². The van der Waals surface area contributed by atoms with Crippen molar-refractivity contribution in [1.29, 1.82) is 0 Å². The Bertz CT molecular complexity index is 966. The van der Waals surface area contributed by atoms with Gasteiger partial charge in [0.25, 0.3) is 0 Å². The Balaban J connectivity index is 1.64. The average Bonchev–Trinajstić information content (AvgIpc) is 2.82. The Morgan fingerprint density at radius 3 is 2.79 bits per heavy atom. The zero-order valence-electron chi connectivity index (χ0n) is 13.8. The molecule has 3 aromatic rings. The van der Waals surface area contributed by atoms with Crippen LogP contribution < -0.4 is 15.4 Å². The van der Waals surface area contributed by atoms with Crippen LogP contribution in [0.1, 0.15) is 19.4 Å². The number of fused-ring (bicyclic) bond motifs is 4. The Kier molecular flexibility index (Phi) is 2.51. The summed E-state index contributed by atoms with van der Waals surface area (Å²) >= 11 is 0. The third kappa shape index (κ3) is 1.60. The van der Waals surface area contributed by atoms with Crippen molar-refractivity contribution in [3.05, 3.63) is 60.3 Å². The number of nitrogens with zero attached hydrogens (tertiary/aromatic N) is 1. The normalized spacial score (nSPS) is 23.1. The fourth-order valence-electron chi connectivity index (χ4n) is 3.95. The zero-order valence-corrected chi connectivity index (χ0v) is 13.8. The van der Waals surface area contributed by atoms with Gasteiger partial charge < -0.3 is 15.4 Å².